The number of guanidine groups is 1. The van der Waals surface area contributed by atoms with Crippen molar-refractivity contribution in [3.8, 4) is 5.75 Å². The fraction of sp³-hybridized carbons (Fsp3) is 0.565. The van der Waals surface area contributed by atoms with Gasteiger partial charge in [-0.2, -0.15) is 5.10 Å². The van der Waals surface area contributed by atoms with Crippen LogP contribution < -0.4 is 15.4 Å². The minimum atomic E-state index is 0.192. The highest BCUT2D eigenvalue weighted by molar-refractivity contribution is 5.79. The first-order chi connectivity index (χ1) is 13.8. The van der Waals surface area contributed by atoms with Crippen LogP contribution in [0.2, 0.25) is 0 Å². The van der Waals surface area contributed by atoms with Crippen molar-refractivity contribution in [2.24, 2.45) is 12.0 Å². The van der Waals surface area contributed by atoms with E-state index in [9.17, 15) is 0 Å². The molecule has 1 atom stereocenters. The molecular weight excluding hydrogens is 362 g/mol. The number of nitrogens with one attached hydrogen (secondary N) is 2. The molecule has 0 saturated heterocycles. The van der Waals surface area contributed by atoms with Gasteiger partial charge < -0.3 is 15.4 Å². The first kappa shape index (κ1) is 22.8. The summed E-state index contributed by atoms with van der Waals surface area (Å²) in [6, 6.07) is 6.33. The van der Waals surface area contributed by atoms with Crippen molar-refractivity contribution in [2.45, 2.75) is 67.0 Å². The molecule has 0 fully saturated rings. The minimum Gasteiger partial charge on any atom is -0.490 e. The Kier molecular flexibility index (Phi) is 8.55. The van der Waals surface area contributed by atoms with E-state index in [1.807, 2.05) is 11.7 Å². The van der Waals surface area contributed by atoms with E-state index in [1.165, 1.54) is 16.8 Å². The maximum absolute atomic E-state index is 6.12. The molecule has 0 amide bonds. The molecule has 2 rings (SSSR count). The third-order valence-corrected chi connectivity index (χ3v) is 5.20. The molecule has 2 aromatic rings. The Morgan fingerprint density at radius 3 is 2.59 bits per heavy atom. The summed E-state index contributed by atoms with van der Waals surface area (Å²) in [5, 5.41) is 11.3. The second-order valence-electron chi connectivity index (χ2n) is 7.59. The SMILES string of the molecule is CCNC(=NCc1ccc(C)cc1OC(C)CC)NCCc1c(C)nn(C)c1C. The number of aliphatic imine (C=N–C) groups is 1. The van der Waals surface area contributed by atoms with Crippen LogP contribution in [0.15, 0.2) is 23.2 Å². The maximum atomic E-state index is 6.12. The third-order valence-electron chi connectivity index (χ3n) is 5.20. The van der Waals surface area contributed by atoms with Crippen LogP contribution in [0.3, 0.4) is 0 Å². The van der Waals surface area contributed by atoms with E-state index in [-0.39, 0.29) is 6.10 Å². The lowest BCUT2D eigenvalue weighted by Crippen LogP contribution is -2.38. The number of hydrogen-bond acceptors (Lipinski definition) is 3. The normalized spacial score (nSPS) is 12.7. The average molecular weight is 400 g/mol. The lowest BCUT2D eigenvalue weighted by Gasteiger charge is -2.17. The number of aromatic nitrogens is 2. The third kappa shape index (κ3) is 6.51. The van der Waals surface area contributed by atoms with Crippen molar-refractivity contribution in [2.75, 3.05) is 13.1 Å². The molecule has 1 aromatic heterocycles. The Balaban J connectivity index is 2.05. The molecule has 0 bridgehead atoms. The van der Waals surface area contributed by atoms with Gasteiger partial charge in [-0.1, -0.05) is 19.1 Å². The molecular formula is C23H37N5O. The highest BCUT2D eigenvalue weighted by Crippen LogP contribution is 2.23. The molecule has 0 aliphatic carbocycles. The van der Waals surface area contributed by atoms with Crippen LogP contribution in [0.25, 0.3) is 0 Å². The number of nitrogens with zero attached hydrogens (tertiary/aromatic N) is 3. The predicted octanol–water partition coefficient (Wildman–Crippen LogP) is 3.82. The second kappa shape index (κ2) is 10.9. The molecule has 29 heavy (non-hydrogen) atoms. The largest absolute Gasteiger partial charge is 0.490 e. The smallest absolute Gasteiger partial charge is 0.191 e. The molecule has 0 radical (unpaired) electrons. The summed E-state index contributed by atoms with van der Waals surface area (Å²) >= 11 is 0. The van der Waals surface area contributed by atoms with Crippen molar-refractivity contribution in [1.29, 1.82) is 0 Å². The molecule has 0 aliphatic rings. The fourth-order valence-corrected chi connectivity index (χ4v) is 3.19. The Labute approximate surface area is 175 Å². The van der Waals surface area contributed by atoms with Gasteiger partial charge >= 0.3 is 0 Å². The van der Waals surface area contributed by atoms with Crippen LogP contribution in [0.5, 0.6) is 5.75 Å². The molecule has 6 nitrogen and oxygen atoms in total. The zero-order chi connectivity index (χ0) is 21.4. The Morgan fingerprint density at radius 2 is 1.97 bits per heavy atom. The molecule has 1 heterocycles. The highest BCUT2D eigenvalue weighted by atomic mass is 16.5. The molecule has 0 spiro atoms. The predicted molar refractivity (Wildman–Crippen MR) is 121 cm³/mol. The van der Waals surface area contributed by atoms with Crippen LogP contribution in [0.1, 0.15) is 55.3 Å². The number of ether oxygens (including phenoxy) is 1. The van der Waals surface area contributed by atoms with Crippen LogP contribution in [0, 0.1) is 20.8 Å². The van der Waals surface area contributed by atoms with Gasteiger partial charge in [-0.3, -0.25) is 4.68 Å². The molecule has 0 aliphatic heterocycles. The van der Waals surface area contributed by atoms with Gasteiger partial charge in [0.25, 0.3) is 0 Å². The minimum absolute atomic E-state index is 0.192. The van der Waals surface area contributed by atoms with E-state index in [0.717, 1.165) is 48.9 Å². The Hall–Kier alpha value is -2.50. The van der Waals surface area contributed by atoms with Crippen molar-refractivity contribution in [1.82, 2.24) is 20.4 Å². The molecule has 0 saturated carbocycles. The monoisotopic (exact) mass is 399 g/mol. The highest BCUT2D eigenvalue weighted by Gasteiger charge is 2.10. The quantitative estimate of drug-likeness (QED) is 0.497. The molecule has 1 aromatic carbocycles. The van der Waals surface area contributed by atoms with E-state index in [1.54, 1.807) is 0 Å². The maximum Gasteiger partial charge on any atom is 0.191 e. The summed E-state index contributed by atoms with van der Waals surface area (Å²) in [5.74, 6) is 1.75. The number of benzene rings is 1. The first-order valence-corrected chi connectivity index (χ1v) is 10.6. The van der Waals surface area contributed by atoms with E-state index in [0.29, 0.717) is 6.54 Å². The number of aryl methyl sites for hydroxylation is 3. The molecule has 1 unspecified atom stereocenters. The molecule has 2 N–H and O–H groups in total. The van der Waals surface area contributed by atoms with Gasteiger partial charge in [-0.05, 0) is 64.7 Å². The first-order valence-electron chi connectivity index (χ1n) is 10.6. The van der Waals surface area contributed by atoms with E-state index in [2.05, 4.69) is 75.5 Å². The van der Waals surface area contributed by atoms with Gasteiger partial charge in [0.15, 0.2) is 5.96 Å². The summed E-state index contributed by atoms with van der Waals surface area (Å²) in [6.07, 6.45) is 2.09. The standard InChI is InChI=1S/C23H37N5O/c1-8-17(4)29-22-14-16(3)10-11-20(22)15-26-23(24-9-2)25-13-12-21-18(5)27-28(7)19(21)6/h10-11,14,17H,8-9,12-13,15H2,1-7H3,(H2,24,25,26). The number of hydrogen-bond donors (Lipinski definition) is 2. The average Bonchev–Trinajstić information content (AvgIpc) is 2.93. The zero-order valence-electron chi connectivity index (χ0n) is 19.1. The summed E-state index contributed by atoms with van der Waals surface area (Å²) in [6.45, 7) is 14.8. The van der Waals surface area contributed by atoms with E-state index in [4.69, 9.17) is 9.73 Å². The van der Waals surface area contributed by atoms with Crippen molar-refractivity contribution in [3.63, 3.8) is 0 Å². The summed E-state index contributed by atoms with van der Waals surface area (Å²) in [7, 11) is 1.99. The van der Waals surface area contributed by atoms with Crippen molar-refractivity contribution < 1.29 is 4.74 Å². The lowest BCUT2D eigenvalue weighted by atomic mass is 10.1. The van der Waals surface area contributed by atoms with E-state index < -0.39 is 0 Å². The van der Waals surface area contributed by atoms with E-state index >= 15 is 0 Å². The summed E-state index contributed by atoms with van der Waals surface area (Å²) in [4.78, 5) is 4.78. The van der Waals surface area contributed by atoms with Crippen molar-refractivity contribution >= 4 is 5.96 Å². The Bertz CT molecular complexity index is 825. The van der Waals surface area contributed by atoms with Gasteiger partial charge in [-0.25, -0.2) is 4.99 Å². The van der Waals surface area contributed by atoms with Crippen molar-refractivity contribution in [3.05, 3.63) is 46.3 Å². The van der Waals surface area contributed by atoms with Gasteiger partial charge in [-0.15, -0.1) is 0 Å². The number of rotatable bonds is 9. The van der Waals surface area contributed by atoms with Crippen LogP contribution >= 0.6 is 0 Å². The van der Waals surface area contributed by atoms with Crippen LogP contribution in [-0.2, 0) is 20.0 Å². The lowest BCUT2D eigenvalue weighted by molar-refractivity contribution is 0.215. The van der Waals surface area contributed by atoms with Gasteiger partial charge in [0.05, 0.1) is 18.3 Å². The van der Waals surface area contributed by atoms with Crippen LogP contribution in [-0.4, -0.2) is 34.9 Å². The molecule has 160 valence electrons. The van der Waals surface area contributed by atoms with Gasteiger partial charge in [0.2, 0.25) is 0 Å². The Morgan fingerprint density at radius 1 is 1.21 bits per heavy atom. The topological polar surface area (TPSA) is 63.5 Å². The van der Waals surface area contributed by atoms with Gasteiger partial charge in [0.1, 0.15) is 5.75 Å². The second-order valence-corrected chi connectivity index (χ2v) is 7.59. The zero-order valence-corrected chi connectivity index (χ0v) is 19.1. The van der Waals surface area contributed by atoms with Gasteiger partial charge in [0, 0.05) is 31.4 Å². The fourth-order valence-electron chi connectivity index (χ4n) is 3.19. The summed E-state index contributed by atoms with van der Waals surface area (Å²) in [5.41, 5.74) is 5.92. The molecule has 6 heteroatoms. The summed E-state index contributed by atoms with van der Waals surface area (Å²) < 4.78 is 8.06. The van der Waals surface area contributed by atoms with Crippen LogP contribution in [0.4, 0.5) is 0 Å².